The summed E-state index contributed by atoms with van der Waals surface area (Å²) >= 11 is 0. The van der Waals surface area contributed by atoms with Gasteiger partial charge < -0.3 is 15.1 Å². The minimum Gasteiger partial charge on any atom is -0.459 e. The van der Waals surface area contributed by atoms with Crippen LogP contribution in [0.2, 0.25) is 0 Å². The summed E-state index contributed by atoms with van der Waals surface area (Å²) in [6.07, 6.45) is 0.606. The number of nitriles is 1. The molecule has 2 amide bonds. The molecule has 0 saturated carbocycles. The molecule has 3 aromatic rings. The standard InChI is InChI=1S/C20H18FN3O2/c1-3-17(19-12(2)16-10-14(21)7-8-18(16)26-19)24-20(25)23-15-6-4-5-13(9-15)11-22/h4-10,17H,3H2,1-2H3,(H2,23,24,25). The summed E-state index contributed by atoms with van der Waals surface area (Å²) in [6, 6.07) is 12.3. The van der Waals surface area contributed by atoms with Crippen molar-refractivity contribution in [2.75, 3.05) is 5.32 Å². The SMILES string of the molecule is CCC(NC(=O)Nc1cccc(C#N)c1)c1oc2ccc(F)cc2c1C. The summed E-state index contributed by atoms with van der Waals surface area (Å²) in [4.78, 5) is 12.3. The summed E-state index contributed by atoms with van der Waals surface area (Å²) in [5.41, 5.74) is 2.38. The van der Waals surface area contributed by atoms with Crippen LogP contribution in [-0.2, 0) is 0 Å². The molecule has 1 aromatic heterocycles. The van der Waals surface area contributed by atoms with Gasteiger partial charge in [-0.3, -0.25) is 0 Å². The predicted octanol–water partition coefficient (Wildman–Crippen LogP) is 5.02. The lowest BCUT2D eigenvalue weighted by molar-refractivity contribution is 0.246. The number of furan rings is 1. The summed E-state index contributed by atoms with van der Waals surface area (Å²) in [7, 11) is 0. The van der Waals surface area contributed by atoms with Gasteiger partial charge in [0, 0.05) is 16.6 Å². The number of carbonyl (C=O) groups is 1. The molecule has 2 N–H and O–H groups in total. The number of aryl methyl sites for hydroxylation is 1. The third-order valence-corrected chi connectivity index (χ3v) is 4.21. The largest absolute Gasteiger partial charge is 0.459 e. The number of anilines is 1. The van der Waals surface area contributed by atoms with Gasteiger partial charge in [-0.2, -0.15) is 5.26 Å². The van der Waals surface area contributed by atoms with E-state index >= 15 is 0 Å². The van der Waals surface area contributed by atoms with Gasteiger partial charge in [0.05, 0.1) is 17.7 Å². The maximum atomic E-state index is 13.5. The van der Waals surface area contributed by atoms with Crippen molar-refractivity contribution in [2.24, 2.45) is 0 Å². The molecule has 0 bridgehead atoms. The van der Waals surface area contributed by atoms with Crippen molar-refractivity contribution in [2.45, 2.75) is 26.3 Å². The number of nitrogens with one attached hydrogen (secondary N) is 2. The molecule has 0 aliphatic carbocycles. The average Bonchev–Trinajstić information content (AvgIpc) is 2.96. The van der Waals surface area contributed by atoms with Crippen LogP contribution in [0.5, 0.6) is 0 Å². The Labute approximate surface area is 150 Å². The highest BCUT2D eigenvalue weighted by Gasteiger charge is 2.21. The molecule has 0 saturated heterocycles. The molecule has 0 fully saturated rings. The molecule has 1 heterocycles. The van der Waals surface area contributed by atoms with Crippen molar-refractivity contribution >= 4 is 22.7 Å². The monoisotopic (exact) mass is 351 g/mol. The third kappa shape index (κ3) is 3.52. The van der Waals surface area contributed by atoms with Gasteiger partial charge >= 0.3 is 6.03 Å². The fourth-order valence-electron chi connectivity index (χ4n) is 2.89. The Morgan fingerprint density at radius 2 is 2.12 bits per heavy atom. The van der Waals surface area contributed by atoms with Gasteiger partial charge in [-0.15, -0.1) is 0 Å². The van der Waals surface area contributed by atoms with Crippen molar-refractivity contribution in [1.82, 2.24) is 5.32 Å². The zero-order valence-electron chi connectivity index (χ0n) is 14.5. The quantitative estimate of drug-likeness (QED) is 0.692. The van der Waals surface area contributed by atoms with Gasteiger partial charge in [0.2, 0.25) is 0 Å². The topological polar surface area (TPSA) is 78.1 Å². The van der Waals surface area contributed by atoms with Crippen molar-refractivity contribution in [3.8, 4) is 6.07 Å². The van der Waals surface area contributed by atoms with Crippen LogP contribution in [0.3, 0.4) is 0 Å². The molecule has 3 rings (SSSR count). The summed E-state index contributed by atoms with van der Waals surface area (Å²) < 4.78 is 19.3. The van der Waals surface area contributed by atoms with Crippen LogP contribution in [0.4, 0.5) is 14.9 Å². The van der Waals surface area contributed by atoms with Gasteiger partial charge in [0.15, 0.2) is 0 Å². The minimum atomic E-state index is -0.405. The molecule has 0 aliphatic heterocycles. The normalized spacial score (nSPS) is 11.8. The van der Waals surface area contributed by atoms with E-state index in [-0.39, 0.29) is 11.9 Å². The highest BCUT2D eigenvalue weighted by atomic mass is 19.1. The number of carbonyl (C=O) groups excluding carboxylic acids is 1. The highest BCUT2D eigenvalue weighted by molar-refractivity contribution is 5.90. The Hall–Kier alpha value is -3.33. The molecular weight excluding hydrogens is 333 g/mol. The second kappa shape index (κ2) is 7.28. The molecule has 1 atom stereocenters. The maximum absolute atomic E-state index is 13.5. The Morgan fingerprint density at radius 1 is 1.31 bits per heavy atom. The molecular formula is C20H18FN3O2. The number of benzene rings is 2. The number of hydrogen-bond acceptors (Lipinski definition) is 3. The highest BCUT2D eigenvalue weighted by Crippen LogP contribution is 2.31. The van der Waals surface area contributed by atoms with E-state index in [1.165, 1.54) is 12.1 Å². The third-order valence-electron chi connectivity index (χ3n) is 4.21. The van der Waals surface area contributed by atoms with E-state index < -0.39 is 6.03 Å². The molecule has 1 unspecified atom stereocenters. The molecule has 132 valence electrons. The maximum Gasteiger partial charge on any atom is 0.319 e. The zero-order chi connectivity index (χ0) is 18.7. The second-order valence-corrected chi connectivity index (χ2v) is 5.98. The van der Waals surface area contributed by atoms with Crippen LogP contribution >= 0.6 is 0 Å². The van der Waals surface area contributed by atoms with E-state index in [1.807, 2.05) is 19.9 Å². The van der Waals surface area contributed by atoms with Crippen molar-refractivity contribution in [3.63, 3.8) is 0 Å². The first-order valence-electron chi connectivity index (χ1n) is 8.28. The Kier molecular flexibility index (Phi) is 4.90. The first-order chi connectivity index (χ1) is 12.5. The number of rotatable bonds is 4. The number of urea groups is 1. The zero-order valence-corrected chi connectivity index (χ0v) is 14.5. The predicted molar refractivity (Wildman–Crippen MR) is 97.3 cm³/mol. The van der Waals surface area contributed by atoms with E-state index in [9.17, 15) is 9.18 Å². The number of nitrogens with zero attached hydrogens (tertiary/aromatic N) is 1. The molecule has 6 heteroatoms. The van der Waals surface area contributed by atoms with Crippen LogP contribution in [0.15, 0.2) is 46.9 Å². The fourth-order valence-corrected chi connectivity index (χ4v) is 2.89. The Bertz CT molecular complexity index is 1000. The van der Waals surface area contributed by atoms with Crippen molar-refractivity contribution in [1.29, 1.82) is 5.26 Å². The van der Waals surface area contributed by atoms with E-state index in [1.54, 1.807) is 30.3 Å². The number of halogens is 1. The lowest BCUT2D eigenvalue weighted by Gasteiger charge is -2.16. The van der Waals surface area contributed by atoms with E-state index in [2.05, 4.69) is 10.6 Å². The van der Waals surface area contributed by atoms with Crippen LogP contribution in [0, 0.1) is 24.1 Å². The average molecular weight is 351 g/mol. The first-order valence-corrected chi connectivity index (χ1v) is 8.28. The Morgan fingerprint density at radius 3 is 2.85 bits per heavy atom. The Balaban J connectivity index is 1.80. The van der Waals surface area contributed by atoms with Crippen LogP contribution in [0.25, 0.3) is 11.0 Å². The van der Waals surface area contributed by atoms with Gasteiger partial charge in [-0.25, -0.2) is 9.18 Å². The van der Waals surface area contributed by atoms with Crippen LogP contribution in [0.1, 0.15) is 36.3 Å². The molecule has 5 nitrogen and oxygen atoms in total. The van der Waals surface area contributed by atoms with Gasteiger partial charge in [-0.05, 0) is 49.7 Å². The van der Waals surface area contributed by atoms with E-state index in [0.29, 0.717) is 34.4 Å². The van der Waals surface area contributed by atoms with Gasteiger partial charge in [0.25, 0.3) is 0 Å². The number of hydrogen-bond donors (Lipinski definition) is 2. The van der Waals surface area contributed by atoms with E-state index in [4.69, 9.17) is 9.68 Å². The van der Waals surface area contributed by atoms with Gasteiger partial charge in [-0.1, -0.05) is 13.0 Å². The molecule has 26 heavy (non-hydrogen) atoms. The second-order valence-electron chi connectivity index (χ2n) is 5.98. The first kappa shape index (κ1) is 17.5. The number of amides is 2. The van der Waals surface area contributed by atoms with Crippen molar-refractivity contribution < 1.29 is 13.6 Å². The molecule has 0 aliphatic rings. The molecule has 0 spiro atoms. The molecule has 2 aromatic carbocycles. The summed E-state index contributed by atoms with van der Waals surface area (Å²) in [5, 5.41) is 15.2. The van der Waals surface area contributed by atoms with Crippen LogP contribution < -0.4 is 10.6 Å². The lowest BCUT2D eigenvalue weighted by Crippen LogP contribution is -2.32. The smallest absolute Gasteiger partial charge is 0.319 e. The molecule has 0 radical (unpaired) electrons. The summed E-state index contributed by atoms with van der Waals surface area (Å²) in [5.74, 6) is 0.276. The minimum absolute atomic E-state index is 0.330. The number of fused-ring (bicyclic) bond motifs is 1. The fraction of sp³-hybridized carbons (Fsp3) is 0.200. The van der Waals surface area contributed by atoms with Crippen molar-refractivity contribution in [3.05, 3.63) is 65.2 Å². The lowest BCUT2D eigenvalue weighted by atomic mass is 10.1. The van der Waals surface area contributed by atoms with Crippen LogP contribution in [-0.4, -0.2) is 6.03 Å². The van der Waals surface area contributed by atoms with E-state index in [0.717, 1.165) is 5.56 Å². The summed E-state index contributed by atoms with van der Waals surface area (Å²) in [6.45, 7) is 3.77. The van der Waals surface area contributed by atoms with Gasteiger partial charge in [0.1, 0.15) is 17.2 Å².